The summed E-state index contributed by atoms with van der Waals surface area (Å²) in [5, 5.41) is 9.52. The molecule has 0 unspecified atom stereocenters. The lowest BCUT2D eigenvalue weighted by molar-refractivity contribution is -0.130. The van der Waals surface area contributed by atoms with Crippen molar-refractivity contribution in [2.45, 2.75) is 38.3 Å². The molecule has 0 saturated carbocycles. The SMILES string of the molecule is COc1ccc(Cl)cc1NC(=O)[C@H]1C[C@H](CC(N)=O)N[C@]12C(=O)Nc1c(C)cc(C)cc12. The summed E-state index contributed by atoms with van der Waals surface area (Å²) in [6.07, 6.45) is 0.275. The molecule has 0 bridgehead atoms. The van der Waals surface area contributed by atoms with E-state index in [1.807, 2.05) is 26.0 Å². The average molecular weight is 457 g/mol. The second-order valence-corrected chi connectivity index (χ2v) is 8.84. The van der Waals surface area contributed by atoms with Gasteiger partial charge in [0.25, 0.3) is 0 Å². The predicted molar refractivity (Wildman–Crippen MR) is 122 cm³/mol. The number of primary amides is 1. The molecule has 1 saturated heterocycles. The predicted octanol–water partition coefficient (Wildman–Crippen LogP) is 2.61. The fourth-order valence-electron chi connectivity index (χ4n) is 4.89. The quantitative estimate of drug-likeness (QED) is 0.550. The third kappa shape index (κ3) is 3.59. The van der Waals surface area contributed by atoms with Crippen molar-refractivity contribution < 1.29 is 19.1 Å². The molecule has 1 fully saturated rings. The first kappa shape index (κ1) is 22.1. The smallest absolute Gasteiger partial charge is 0.250 e. The molecular formula is C23H25ClN4O4. The van der Waals surface area contributed by atoms with Crippen molar-refractivity contribution in [2.75, 3.05) is 17.7 Å². The Balaban J connectivity index is 1.78. The third-order valence-electron chi connectivity index (χ3n) is 6.16. The molecule has 32 heavy (non-hydrogen) atoms. The van der Waals surface area contributed by atoms with Crippen molar-refractivity contribution >= 4 is 40.7 Å². The highest BCUT2D eigenvalue weighted by Crippen LogP contribution is 2.49. The van der Waals surface area contributed by atoms with Gasteiger partial charge in [-0.2, -0.15) is 0 Å². The summed E-state index contributed by atoms with van der Waals surface area (Å²) in [5.41, 5.74) is 7.76. The first-order chi connectivity index (χ1) is 15.1. The number of rotatable bonds is 5. The Kier molecular flexibility index (Phi) is 5.60. The fraction of sp³-hybridized carbons (Fsp3) is 0.348. The van der Waals surface area contributed by atoms with Gasteiger partial charge in [-0.15, -0.1) is 0 Å². The van der Waals surface area contributed by atoms with Gasteiger partial charge in [0.1, 0.15) is 11.3 Å². The molecule has 5 N–H and O–H groups in total. The van der Waals surface area contributed by atoms with Crippen LogP contribution in [-0.4, -0.2) is 30.9 Å². The Morgan fingerprint density at radius 3 is 2.72 bits per heavy atom. The van der Waals surface area contributed by atoms with Crippen molar-refractivity contribution in [2.24, 2.45) is 11.7 Å². The molecule has 4 rings (SSSR count). The van der Waals surface area contributed by atoms with Crippen LogP contribution in [0.25, 0.3) is 0 Å². The highest BCUT2D eigenvalue weighted by Gasteiger charge is 2.60. The number of fused-ring (bicyclic) bond motifs is 2. The zero-order chi connectivity index (χ0) is 23.2. The number of hydrogen-bond acceptors (Lipinski definition) is 5. The Labute approximate surface area is 190 Å². The van der Waals surface area contributed by atoms with Gasteiger partial charge in [-0.25, -0.2) is 0 Å². The van der Waals surface area contributed by atoms with Crippen LogP contribution in [0.3, 0.4) is 0 Å². The highest BCUT2D eigenvalue weighted by atomic mass is 35.5. The lowest BCUT2D eigenvalue weighted by atomic mass is 9.78. The molecule has 2 heterocycles. The Morgan fingerprint density at radius 1 is 1.28 bits per heavy atom. The number of amides is 3. The minimum absolute atomic E-state index is 0.0133. The van der Waals surface area contributed by atoms with Crippen LogP contribution in [0.5, 0.6) is 5.75 Å². The van der Waals surface area contributed by atoms with Gasteiger partial charge in [-0.3, -0.25) is 19.7 Å². The zero-order valence-electron chi connectivity index (χ0n) is 18.0. The topological polar surface area (TPSA) is 123 Å². The molecular weight excluding hydrogens is 432 g/mol. The van der Waals surface area contributed by atoms with Crippen molar-refractivity contribution in [3.05, 3.63) is 52.0 Å². The van der Waals surface area contributed by atoms with Crippen molar-refractivity contribution in [1.82, 2.24) is 5.32 Å². The zero-order valence-corrected chi connectivity index (χ0v) is 18.8. The van der Waals surface area contributed by atoms with Crippen LogP contribution >= 0.6 is 11.6 Å². The van der Waals surface area contributed by atoms with Gasteiger partial charge >= 0.3 is 0 Å². The summed E-state index contributed by atoms with van der Waals surface area (Å²) in [6, 6.07) is 8.34. The molecule has 168 valence electrons. The number of halogens is 1. The van der Waals surface area contributed by atoms with Crippen molar-refractivity contribution in [1.29, 1.82) is 0 Å². The first-order valence-corrected chi connectivity index (χ1v) is 10.7. The van der Waals surface area contributed by atoms with E-state index in [4.69, 9.17) is 22.1 Å². The van der Waals surface area contributed by atoms with Crippen LogP contribution in [0, 0.1) is 19.8 Å². The summed E-state index contributed by atoms with van der Waals surface area (Å²) >= 11 is 6.11. The second-order valence-electron chi connectivity index (χ2n) is 8.40. The molecule has 2 aromatic carbocycles. The normalized spacial score (nSPS) is 23.7. The second kappa shape index (κ2) is 8.11. The molecule has 3 amide bonds. The standard InChI is InChI=1S/C23H25ClN4O4/c1-11-6-12(2)20-15(7-11)23(22(31)27-20)16(9-14(28-23)10-19(25)29)21(30)26-17-8-13(24)4-5-18(17)32-3/h4-8,14,16,28H,9-10H2,1-3H3,(H2,25,29)(H,26,30)(H,27,31)/t14-,16-,23+/m1/s1. The minimum atomic E-state index is -1.32. The Morgan fingerprint density at radius 2 is 2.03 bits per heavy atom. The number of carbonyl (C=O) groups excluding carboxylic acids is 3. The van der Waals surface area contributed by atoms with E-state index in [1.165, 1.54) is 7.11 Å². The lowest BCUT2D eigenvalue weighted by Gasteiger charge is -2.29. The maximum atomic E-state index is 13.6. The summed E-state index contributed by atoms with van der Waals surface area (Å²) in [4.78, 5) is 38.6. The van der Waals surface area contributed by atoms with E-state index in [0.29, 0.717) is 27.7 Å². The number of nitrogens with two attached hydrogens (primary N) is 1. The Bertz CT molecular complexity index is 1140. The molecule has 2 aliphatic rings. The molecule has 9 heteroatoms. The minimum Gasteiger partial charge on any atom is -0.495 e. The number of benzene rings is 2. The van der Waals surface area contributed by atoms with E-state index < -0.39 is 23.4 Å². The van der Waals surface area contributed by atoms with Crippen LogP contribution in [0.2, 0.25) is 5.02 Å². The van der Waals surface area contributed by atoms with Gasteiger partial charge in [0.05, 0.1) is 18.7 Å². The van der Waals surface area contributed by atoms with Gasteiger partial charge in [-0.05, 0) is 44.0 Å². The van der Waals surface area contributed by atoms with E-state index in [2.05, 4.69) is 16.0 Å². The van der Waals surface area contributed by atoms with Crippen molar-refractivity contribution in [3.63, 3.8) is 0 Å². The van der Waals surface area contributed by atoms with Crippen LogP contribution < -0.4 is 26.4 Å². The van der Waals surface area contributed by atoms with Crippen LogP contribution in [0.1, 0.15) is 29.5 Å². The number of aryl methyl sites for hydroxylation is 2. The molecule has 0 aromatic heterocycles. The van der Waals surface area contributed by atoms with E-state index >= 15 is 0 Å². The van der Waals surface area contributed by atoms with E-state index in [9.17, 15) is 14.4 Å². The summed E-state index contributed by atoms with van der Waals surface area (Å²) in [6.45, 7) is 3.85. The maximum Gasteiger partial charge on any atom is 0.250 e. The molecule has 2 aromatic rings. The van der Waals surface area contributed by atoms with Gasteiger partial charge < -0.3 is 21.1 Å². The maximum absolute atomic E-state index is 13.6. The van der Waals surface area contributed by atoms with Crippen LogP contribution in [-0.2, 0) is 19.9 Å². The molecule has 2 aliphatic heterocycles. The largest absolute Gasteiger partial charge is 0.495 e. The lowest BCUT2D eigenvalue weighted by Crippen LogP contribution is -2.52. The fourth-order valence-corrected chi connectivity index (χ4v) is 5.06. The van der Waals surface area contributed by atoms with Crippen LogP contribution in [0.15, 0.2) is 30.3 Å². The van der Waals surface area contributed by atoms with Gasteiger partial charge in [0.15, 0.2) is 0 Å². The monoisotopic (exact) mass is 456 g/mol. The first-order valence-electron chi connectivity index (χ1n) is 10.3. The third-order valence-corrected chi connectivity index (χ3v) is 6.39. The summed E-state index contributed by atoms with van der Waals surface area (Å²) in [5.74, 6) is -1.56. The Hall–Kier alpha value is -3.10. The number of hydrogen-bond donors (Lipinski definition) is 4. The number of carbonyl (C=O) groups is 3. The van der Waals surface area contributed by atoms with Gasteiger partial charge in [-0.1, -0.05) is 29.3 Å². The summed E-state index contributed by atoms with van der Waals surface area (Å²) < 4.78 is 5.33. The summed E-state index contributed by atoms with van der Waals surface area (Å²) in [7, 11) is 1.49. The van der Waals surface area contributed by atoms with E-state index in [-0.39, 0.29) is 24.7 Å². The van der Waals surface area contributed by atoms with Gasteiger partial charge in [0.2, 0.25) is 17.7 Å². The number of nitrogens with one attached hydrogen (secondary N) is 3. The molecule has 8 nitrogen and oxygen atoms in total. The van der Waals surface area contributed by atoms with Crippen molar-refractivity contribution in [3.8, 4) is 5.75 Å². The van der Waals surface area contributed by atoms with Gasteiger partial charge in [0, 0.05) is 28.7 Å². The van der Waals surface area contributed by atoms with E-state index in [1.54, 1.807) is 18.2 Å². The molecule has 3 atom stereocenters. The number of anilines is 2. The molecule has 1 spiro atoms. The molecule has 0 aliphatic carbocycles. The number of methoxy groups -OCH3 is 1. The molecule has 0 radical (unpaired) electrons. The average Bonchev–Trinajstić information content (AvgIpc) is 3.21. The highest BCUT2D eigenvalue weighted by molar-refractivity contribution is 6.31. The van der Waals surface area contributed by atoms with E-state index in [0.717, 1.165) is 11.1 Å². The number of ether oxygens (including phenoxy) is 1. The van der Waals surface area contributed by atoms with Crippen LogP contribution in [0.4, 0.5) is 11.4 Å².